The molecule has 0 spiro atoms. The Balaban J connectivity index is 1.34. The van der Waals surface area contributed by atoms with E-state index in [1.807, 2.05) is 41.0 Å². The van der Waals surface area contributed by atoms with Gasteiger partial charge in [-0.2, -0.15) is 0 Å². The minimum absolute atomic E-state index is 0.120. The number of pyridine rings is 1. The highest BCUT2D eigenvalue weighted by atomic mass is 16.4. The number of rotatable bonds is 3. The summed E-state index contributed by atoms with van der Waals surface area (Å²) in [5.41, 5.74) is 2.22. The van der Waals surface area contributed by atoms with Crippen LogP contribution in [0.15, 0.2) is 57.7 Å². The van der Waals surface area contributed by atoms with Crippen molar-refractivity contribution in [1.82, 2.24) is 19.7 Å². The van der Waals surface area contributed by atoms with Gasteiger partial charge in [0.05, 0.1) is 6.54 Å². The van der Waals surface area contributed by atoms with Crippen molar-refractivity contribution in [3.63, 3.8) is 0 Å². The zero-order chi connectivity index (χ0) is 17.5. The zero-order valence-corrected chi connectivity index (χ0v) is 14.4. The molecule has 6 heteroatoms. The van der Waals surface area contributed by atoms with Crippen molar-refractivity contribution in [2.45, 2.75) is 25.4 Å². The summed E-state index contributed by atoms with van der Waals surface area (Å²) >= 11 is 0. The molecule has 132 valence electrons. The number of fused-ring (bicyclic) bond motifs is 4. The second kappa shape index (κ2) is 6.21. The van der Waals surface area contributed by atoms with Gasteiger partial charge in [0.25, 0.3) is 5.56 Å². The highest BCUT2D eigenvalue weighted by Crippen LogP contribution is 2.35. The molecule has 2 bridgehead atoms. The van der Waals surface area contributed by atoms with Gasteiger partial charge < -0.3 is 8.98 Å². The zero-order valence-electron chi connectivity index (χ0n) is 14.4. The summed E-state index contributed by atoms with van der Waals surface area (Å²) in [6.45, 7) is 3.34. The van der Waals surface area contributed by atoms with E-state index in [0.717, 1.165) is 37.3 Å². The molecule has 5 rings (SSSR count). The number of likely N-dealkylation sites (tertiary alicyclic amines) is 1. The minimum Gasteiger partial charge on any atom is -0.419 e. The molecule has 4 heterocycles. The molecule has 0 amide bonds. The summed E-state index contributed by atoms with van der Waals surface area (Å²) < 4.78 is 7.82. The van der Waals surface area contributed by atoms with Crippen LogP contribution in [0.4, 0.5) is 0 Å². The Hall–Kier alpha value is -2.73. The fraction of sp³-hybridized carbons (Fsp3) is 0.350. The minimum atomic E-state index is 0.120. The van der Waals surface area contributed by atoms with Crippen LogP contribution in [0.1, 0.15) is 23.9 Å². The first-order chi connectivity index (χ1) is 12.8. The fourth-order valence-electron chi connectivity index (χ4n) is 4.33. The summed E-state index contributed by atoms with van der Waals surface area (Å²) in [7, 11) is 0. The van der Waals surface area contributed by atoms with Gasteiger partial charge in [-0.15, -0.1) is 10.2 Å². The standard InChI is InChI=1S/C20H20N4O2/c25-19-8-4-7-17-16-9-14(11-24(17)19)10-23(12-16)13-18-21-22-20(26-18)15-5-2-1-3-6-15/h1-8,14,16H,9-13H2. The molecular formula is C20H20N4O2. The van der Waals surface area contributed by atoms with Crippen LogP contribution < -0.4 is 5.56 Å². The van der Waals surface area contributed by atoms with Crippen molar-refractivity contribution in [3.8, 4) is 11.5 Å². The quantitative estimate of drug-likeness (QED) is 0.728. The van der Waals surface area contributed by atoms with E-state index in [0.29, 0.717) is 30.2 Å². The van der Waals surface area contributed by atoms with Crippen molar-refractivity contribution >= 4 is 0 Å². The first kappa shape index (κ1) is 15.5. The van der Waals surface area contributed by atoms with Crippen molar-refractivity contribution in [1.29, 1.82) is 0 Å². The van der Waals surface area contributed by atoms with Gasteiger partial charge in [0.15, 0.2) is 0 Å². The summed E-state index contributed by atoms with van der Waals surface area (Å²) in [6.07, 6.45) is 1.15. The Labute approximate surface area is 151 Å². The van der Waals surface area contributed by atoms with Crippen LogP contribution in [0, 0.1) is 5.92 Å². The first-order valence-corrected chi connectivity index (χ1v) is 9.06. The smallest absolute Gasteiger partial charge is 0.250 e. The van der Waals surface area contributed by atoms with Gasteiger partial charge in [-0.1, -0.05) is 24.3 Å². The molecule has 26 heavy (non-hydrogen) atoms. The van der Waals surface area contributed by atoms with Crippen molar-refractivity contribution in [3.05, 3.63) is 70.5 Å². The molecule has 1 fully saturated rings. The third-order valence-electron chi connectivity index (χ3n) is 5.40. The van der Waals surface area contributed by atoms with Crippen molar-refractivity contribution < 1.29 is 4.42 Å². The van der Waals surface area contributed by atoms with E-state index in [4.69, 9.17) is 4.42 Å². The predicted molar refractivity (Wildman–Crippen MR) is 96.6 cm³/mol. The van der Waals surface area contributed by atoms with Gasteiger partial charge in [0.1, 0.15) is 0 Å². The average Bonchev–Trinajstić information content (AvgIpc) is 3.12. The molecule has 0 aliphatic carbocycles. The van der Waals surface area contributed by atoms with E-state index in [-0.39, 0.29) is 5.56 Å². The highest BCUT2D eigenvalue weighted by Gasteiger charge is 2.34. The second-order valence-electron chi connectivity index (χ2n) is 7.26. The third kappa shape index (κ3) is 2.76. The Kier molecular flexibility index (Phi) is 3.71. The van der Waals surface area contributed by atoms with E-state index in [1.165, 1.54) is 0 Å². The molecule has 0 radical (unpaired) electrons. The summed E-state index contributed by atoms with van der Waals surface area (Å²) in [4.78, 5) is 14.5. The average molecular weight is 348 g/mol. The first-order valence-electron chi connectivity index (χ1n) is 9.06. The predicted octanol–water partition coefficient (Wildman–Crippen LogP) is 2.52. The molecule has 0 N–H and O–H groups in total. The maximum absolute atomic E-state index is 12.1. The molecule has 2 aromatic heterocycles. The lowest BCUT2D eigenvalue weighted by Gasteiger charge is -2.42. The van der Waals surface area contributed by atoms with Gasteiger partial charge in [-0.3, -0.25) is 9.69 Å². The maximum Gasteiger partial charge on any atom is 0.250 e. The van der Waals surface area contributed by atoms with Crippen molar-refractivity contribution in [2.75, 3.05) is 13.1 Å². The van der Waals surface area contributed by atoms with Gasteiger partial charge in [-0.05, 0) is 30.5 Å². The summed E-state index contributed by atoms with van der Waals surface area (Å²) in [6, 6.07) is 15.5. The topological polar surface area (TPSA) is 64.2 Å². The Morgan fingerprint density at radius 3 is 2.77 bits per heavy atom. The van der Waals surface area contributed by atoms with Crippen LogP contribution >= 0.6 is 0 Å². The lowest BCUT2D eigenvalue weighted by molar-refractivity contribution is 0.106. The summed E-state index contributed by atoms with van der Waals surface area (Å²) in [5.74, 6) is 2.11. The second-order valence-corrected chi connectivity index (χ2v) is 7.26. The Bertz CT molecular complexity index is 979. The molecule has 2 atom stereocenters. The molecule has 2 aliphatic rings. The monoisotopic (exact) mass is 348 g/mol. The molecule has 3 aromatic rings. The molecule has 0 saturated carbocycles. The molecule has 2 aliphatic heterocycles. The van der Waals surface area contributed by atoms with Crippen LogP contribution in [-0.2, 0) is 13.1 Å². The lowest BCUT2D eigenvalue weighted by Crippen LogP contribution is -2.46. The fourth-order valence-corrected chi connectivity index (χ4v) is 4.33. The van der Waals surface area contributed by atoms with Crippen LogP contribution in [0.5, 0.6) is 0 Å². The molecule has 1 saturated heterocycles. The van der Waals surface area contributed by atoms with E-state index >= 15 is 0 Å². The molecule has 6 nitrogen and oxygen atoms in total. The normalized spacial score (nSPS) is 22.2. The maximum atomic E-state index is 12.1. The number of nitrogens with zero attached hydrogens (tertiary/aromatic N) is 4. The summed E-state index contributed by atoms with van der Waals surface area (Å²) in [5, 5.41) is 8.41. The molecule has 2 unspecified atom stereocenters. The SMILES string of the molecule is O=c1cccc2n1CC1CC2CN(Cc2nnc(-c3ccccc3)o2)C1. The van der Waals surface area contributed by atoms with Gasteiger partial charge >= 0.3 is 0 Å². The van der Waals surface area contributed by atoms with Gasteiger partial charge in [0, 0.05) is 42.9 Å². The highest BCUT2D eigenvalue weighted by molar-refractivity contribution is 5.51. The number of piperidine rings is 1. The molecular weight excluding hydrogens is 328 g/mol. The van der Waals surface area contributed by atoms with E-state index in [2.05, 4.69) is 21.2 Å². The van der Waals surface area contributed by atoms with Crippen LogP contribution in [-0.4, -0.2) is 32.8 Å². The number of aromatic nitrogens is 3. The van der Waals surface area contributed by atoms with Crippen LogP contribution in [0.3, 0.4) is 0 Å². The number of hydrogen-bond acceptors (Lipinski definition) is 5. The third-order valence-corrected chi connectivity index (χ3v) is 5.40. The largest absolute Gasteiger partial charge is 0.419 e. The Morgan fingerprint density at radius 2 is 1.88 bits per heavy atom. The number of benzene rings is 1. The number of hydrogen-bond donors (Lipinski definition) is 0. The van der Waals surface area contributed by atoms with Crippen LogP contribution in [0.25, 0.3) is 11.5 Å². The van der Waals surface area contributed by atoms with Gasteiger partial charge in [-0.25, -0.2) is 0 Å². The van der Waals surface area contributed by atoms with Gasteiger partial charge in [0.2, 0.25) is 11.8 Å². The van der Waals surface area contributed by atoms with Crippen LogP contribution in [0.2, 0.25) is 0 Å². The lowest BCUT2D eigenvalue weighted by atomic mass is 9.83. The van der Waals surface area contributed by atoms with E-state index in [1.54, 1.807) is 6.07 Å². The molecule has 1 aromatic carbocycles. The Morgan fingerprint density at radius 1 is 1.00 bits per heavy atom. The van der Waals surface area contributed by atoms with Crippen molar-refractivity contribution in [2.24, 2.45) is 5.92 Å². The van der Waals surface area contributed by atoms with E-state index < -0.39 is 0 Å². The van der Waals surface area contributed by atoms with E-state index in [9.17, 15) is 4.79 Å².